The number of nitrogens with one attached hydrogen (secondary N) is 1. The number of anilines is 1. The molecule has 0 saturated carbocycles. The van der Waals surface area contributed by atoms with E-state index in [1.165, 1.54) is 10.3 Å². The van der Waals surface area contributed by atoms with Gasteiger partial charge in [0.15, 0.2) is 5.13 Å². The monoisotopic (exact) mass is 278 g/mol. The lowest BCUT2D eigenvalue weighted by Crippen LogP contribution is -2.08. The summed E-state index contributed by atoms with van der Waals surface area (Å²) in [5.74, 6) is 0.612. The van der Waals surface area contributed by atoms with Crippen LogP contribution in [0.15, 0.2) is 18.2 Å². The Balaban J connectivity index is 1.75. The first-order valence-electron chi connectivity index (χ1n) is 6.84. The molecule has 0 bridgehead atoms. The Morgan fingerprint density at radius 3 is 3.00 bits per heavy atom. The topological polar surface area (TPSA) is 34.2 Å². The predicted molar refractivity (Wildman–Crippen MR) is 83.1 cm³/mol. The third kappa shape index (κ3) is 4.48. The maximum absolute atomic E-state index is 5.55. The Morgan fingerprint density at radius 1 is 1.37 bits per heavy atom. The van der Waals surface area contributed by atoms with Crippen molar-refractivity contribution in [3.05, 3.63) is 23.8 Å². The fourth-order valence-corrected chi connectivity index (χ4v) is 2.79. The van der Waals surface area contributed by atoms with E-state index in [0.29, 0.717) is 5.92 Å². The van der Waals surface area contributed by atoms with Crippen LogP contribution < -0.4 is 5.32 Å². The van der Waals surface area contributed by atoms with Crippen LogP contribution in [0.1, 0.15) is 25.8 Å². The van der Waals surface area contributed by atoms with E-state index < -0.39 is 0 Å². The van der Waals surface area contributed by atoms with Crippen molar-refractivity contribution >= 4 is 26.7 Å². The molecule has 3 nitrogen and oxygen atoms in total. The zero-order valence-corrected chi connectivity index (χ0v) is 12.7. The molecule has 1 aromatic carbocycles. The van der Waals surface area contributed by atoms with Crippen molar-refractivity contribution in [2.45, 2.75) is 27.2 Å². The summed E-state index contributed by atoms with van der Waals surface area (Å²) >= 11 is 1.72. The Morgan fingerprint density at radius 2 is 2.21 bits per heavy atom. The molecule has 0 aliphatic heterocycles. The number of hydrogen-bond acceptors (Lipinski definition) is 4. The van der Waals surface area contributed by atoms with Gasteiger partial charge < -0.3 is 10.1 Å². The molecule has 0 aliphatic rings. The second-order valence-corrected chi connectivity index (χ2v) is 6.27. The Kier molecular flexibility index (Phi) is 5.16. The molecule has 1 heterocycles. The second kappa shape index (κ2) is 6.87. The molecular weight excluding hydrogens is 256 g/mol. The largest absolute Gasteiger partial charge is 0.381 e. The minimum atomic E-state index is 0.612. The standard InChI is InChI=1S/C15H22N2OS/c1-11(2)10-18-8-4-7-16-15-17-13-6-5-12(3)9-14(13)19-15/h5-6,9,11H,4,7-8,10H2,1-3H3,(H,16,17). The summed E-state index contributed by atoms with van der Waals surface area (Å²) in [6, 6.07) is 6.37. The van der Waals surface area contributed by atoms with Crippen LogP contribution in [0.5, 0.6) is 0 Å². The first-order valence-corrected chi connectivity index (χ1v) is 7.65. The molecular formula is C15H22N2OS. The maximum atomic E-state index is 5.55. The summed E-state index contributed by atoms with van der Waals surface area (Å²) < 4.78 is 6.80. The van der Waals surface area contributed by atoms with E-state index in [0.717, 1.165) is 36.8 Å². The third-order valence-electron chi connectivity index (χ3n) is 2.74. The molecule has 2 rings (SSSR count). The van der Waals surface area contributed by atoms with E-state index in [2.05, 4.69) is 49.3 Å². The van der Waals surface area contributed by atoms with Gasteiger partial charge in [0.05, 0.1) is 10.2 Å². The summed E-state index contributed by atoms with van der Waals surface area (Å²) in [4.78, 5) is 4.57. The van der Waals surface area contributed by atoms with Crippen molar-refractivity contribution in [1.29, 1.82) is 0 Å². The minimum Gasteiger partial charge on any atom is -0.381 e. The average Bonchev–Trinajstić information content (AvgIpc) is 2.75. The molecule has 2 aromatic rings. The smallest absolute Gasteiger partial charge is 0.183 e. The molecule has 19 heavy (non-hydrogen) atoms. The normalized spacial score (nSPS) is 11.4. The second-order valence-electron chi connectivity index (χ2n) is 5.24. The van der Waals surface area contributed by atoms with Gasteiger partial charge in [-0.25, -0.2) is 4.98 Å². The van der Waals surface area contributed by atoms with Crippen LogP contribution in [0.25, 0.3) is 10.2 Å². The minimum absolute atomic E-state index is 0.612. The van der Waals surface area contributed by atoms with Gasteiger partial charge in [-0.1, -0.05) is 31.3 Å². The Hall–Kier alpha value is -1.13. The summed E-state index contributed by atoms with van der Waals surface area (Å²) in [5, 5.41) is 4.37. The van der Waals surface area contributed by atoms with Crippen LogP contribution in [-0.4, -0.2) is 24.7 Å². The molecule has 0 atom stereocenters. The van der Waals surface area contributed by atoms with E-state index >= 15 is 0 Å². The predicted octanol–water partition coefficient (Wildman–Crippen LogP) is 4.08. The molecule has 4 heteroatoms. The number of benzene rings is 1. The SMILES string of the molecule is Cc1ccc2nc(NCCCOCC(C)C)sc2c1. The quantitative estimate of drug-likeness (QED) is 0.775. The fourth-order valence-electron chi connectivity index (χ4n) is 1.80. The number of aromatic nitrogens is 1. The van der Waals surface area contributed by atoms with E-state index in [9.17, 15) is 0 Å². The van der Waals surface area contributed by atoms with Gasteiger partial charge in [-0.15, -0.1) is 0 Å². The molecule has 0 radical (unpaired) electrons. The van der Waals surface area contributed by atoms with Gasteiger partial charge in [-0.3, -0.25) is 0 Å². The number of rotatable bonds is 7. The number of thiazole rings is 1. The van der Waals surface area contributed by atoms with Gasteiger partial charge in [-0.05, 0) is 37.0 Å². The summed E-state index contributed by atoms with van der Waals surface area (Å²) in [7, 11) is 0. The van der Waals surface area contributed by atoms with Gasteiger partial charge in [0.2, 0.25) is 0 Å². The molecule has 104 valence electrons. The van der Waals surface area contributed by atoms with Gasteiger partial charge in [0.1, 0.15) is 0 Å². The average molecular weight is 278 g/mol. The highest BCUT2D eigenvalue weighted by Crippen LogP contribution is 2.26. The number of ether oxygens (including phenoxy) is 1. The van der Waals surface area contributed by atoms with Crippen molar-refractivity contribution in [3.63, 3.8) is 0 Å². The van der Waals surface area contributed by atoms with E-state index in [1.807, 2.05) is 0 Å². The zero-order valence-electron chi connectivity index (χ0n) is 11.9. The maximum Gasteiger partial charge on any atom is 0.183 e. The molecule has 1 aromatic heterocycles. The Labute approximate surface area is 119 Å². The number of fused-ring (bicyclic) bond motifs is 1. The molecule has 0 fully saturated rings. The van der Waals surface area contributed by atoms with Crippen LogP contribution >= 0.6 is 11.3 Å². The molecule has 0 aliphatic carbocycles. The van der Waals surface area contributed by atoms with Crippen LogP contribution in [0.2, 0.25) is 0 Å². The van der Waals surface area contributed by atoms with Crippen molar-refractivity contribution in [1.82, 2.24) is 4.98 Å². The van der Waals surface area contributed by atoms with Crippen molar-refractivity contribution in [3.8, 4) is 0 Å². The van der Waals surface area contributed by atoms with Gasteiger partial charge >= 0.3 is 0 Å². The highest BCUT2D eigenvalue weighted by Gasteiger charge is 2.03. The first kappa shape index (κ1) is 14.3. The van der Waals surface area contributed by atoms with Gasteiger partial charge in [-0.2, -0.15) is 0 Å². The van der Waals surface area contributed by atoms with Crippen molar-refractivity contribution in [2.24, 2.45) is 5.92 Å². The van der Waals surface area contributed by atoms with Crippen LogP contribution in [-0.2, 0) is 4.74 Å². The van der Waals surface area contributed by atoms with Crippen molar-refractivity contribution < 1.29 is 4.74 Å². The number of aryl methyl sites for hydroxylation is 1. The van der Waals surface area contributed by atoms with Crippen molar-refractivity contribution in [2.75, 3.05) is 25.1 Å². The van der Waals surface area contributed by atoms with Crippen LogP contribution in [0, 0.1) is 12.8 Å². The zero-order chi connectivity index (χ0) is 13.7. The lowest BCUT2D eigenvalue weighted by Gasteiger charge is -2.06. The van der Waals surface area contributed by atoms with Crippen LogP contribution in [0.3, 0.4) is 0 Å². The van der Waals surface area contributed by atoms with E-state index in [4.69, 9.17) is 4.74 Å². The van der Waals surface area contributed by atoms with Crippen LogP contribution in [0.4, 0.5) is 5.13 Å². The number of nitrogens with zero attached hydrogens (tertiary/aromatic N) is 1. The molecule has 1 N–H and O–H groups in total. The highest BCUT2D eigenvalue weighted by molar-refractivity contribution is 7.22. The van der Waals surface area contributed by atoms with Gasteiger partial charge in [0, 0.05) is 19.8 Å². The summed E-state index contributed by atoms with van der Waals surface area (Å²) in [5.41, 5.74) is 2.36. The first-order chi connectivity index (χ1) is 9.15. The fraction of sp³-hybridized carbons (Fsp3) is 0.533. The summed E-state index contributed by atoms with van der Waals surface area (Å²) in [6.07, 6.45) is 1.02. The lowest BCUT2D eigenvalue weighted by atomic mass is 10.2. The molecule has 0 spiro atoms. The van der Waals surface area contributed by atoms with E-state index in [-0.39, 0.29) is 0 Å². The van der Waals surface area contributed by atoms with Gasteiger partial charge in [0.25, 0.3) is 0 Å². The Bertz CT molecular complexity index is 522. The third-order valence-corrected chi connectivity index (χ3v) is 3.71. The molecule has 0 saturated heterocycles. The highest BCUT2D eigenvalue weighted by atomic mass is 32.1. The molecule has 0 amide bonds. The number of hydrogen-bond donors (Lipinski definition) is 1. The van der Waals surface area contributed by atoms with E-state index in [1.54, 1.807) is 11.3 Å². The molecule has 0 unspecified atom stereocenters. The summed E-state index contributed by atoms with van der Waals surface area (Å²) in [6.45, 7) is 9.02. The lowest BCUT2D eigenvalue weighted by molar-refractivity contribution is 0.110.